The number of halogens is 2. The molecule has 3 aromatic rings. The van der Waals surface area contributed by atoms with Crippen molar-refractivity contribution in [3.63, 3.8) is 0 Å². The molecule has 36 heavy (non-hydrogen) atoms. The number of hydrogen-bond acceptors (Lipinski definition) is 4. The molecule has 1 fully saturated rings. The van der Waals surface area contributed by atoms with Crippen LogP contribution in [0, 0.1) is 0 Å². The Bertz CT molecular complexity index is 1240. The van der Waals surface area contributed by atoms with E-state index in [0.29, 0.717) is 46.6 Å². The monoisotopic (exact) mass is 525 g/mol. The number of nitrogens with one attached hydrogen (secondary N) is 1. The molecular weight excluding hydrogens is 497 g/mol. The van der Waals surface area contributed by atoms with Gasteiger partial charge in [-0.05, 0) is 60.9 Å². The molecule has 0 bridgehead atoms. The van der Waals surface area contributed by atoms with E-state index in [4.69, 9.17) is 27.9 Å². The van der Waals surface area contributed by atoms with Gasteiger partial charge in [0.15, 0.2) is 0 Å². The van der Waals surface area contributed by atoms with Gasteiger partial charge in [-0.25, -0.2) is 0 Å². The fraction of sp³-hybridized carbons (Fsp3) is 0.286. The molecule has 188 valence electrons. The quantitative estimate of drug-likeness (QED) is 0.384. The van der Waals surface area contributed by atoms with Gasteiger partial charge in [0.25, 0.3) is 11.8 Å². The second-order valence-electron chi connectivity index (χ2n) is 8.97. The number of hydrogen-bond donors (Lipinski definition) is 1. The van der Waals surface area contributed by atoms with Crippen LogP contribution in [0.15, 0.2) is 66.7 Å². The van der Waals surface area contributed by atoms with Crippen molar-refractivity contribution in [3.8, 4) is 0 Å². The zero-order valence-electron chi connectivity index (χ0n) is 20.3. The zero-order chi connectivity index (χ0) is 25.7. The van der Waals surface area contributed by atoms with Crippen LogP contribution in [0.25, 0.3) is 0 Å². The van der Waals surface area contributed by atoms with Crippen molar-refractivity contribution in [2.45, 2.75) is 25.5 Å². The van der Waals surface area contributed by atoms with Crippen molar-refractivity contribution >= 4 is 46.4 Å². The van der Waals surface area contributed by atoms with Gasteiger partial charge in [0.2, 0.25) is 0 Å². The topological polar surface area (TPSA) is 61.9 Å². The number of carbonyl (C=O) groups excluding carboxylic acids is 2. The molecule has 0 aromatic heterocycles. The molecule has 0 radical (unpaired) electrons. The molecule has 0 saturated carbocycles. The Morgan fingerprint density at radius 2 is 1.64 bits per heavy atom. The first-order chi connectivity index (χ1) is 17.3. The summed E-state index contributed by atoms with van der Waals surface area (Å²) in [4.78, 5) is 30.2. The van der Waals surface area contributed by atoms with E-state index in [1.165, 1.54) is 0 Å². The Balaban J connectivity index is 1.64. The van der Waals surface area contributed by atoms with Gasteiger partial charge in [0.05, 0.1) is 27.3 Å². The molecule has 1 aliphatic rings. The lowest BCUT2D eigenvalue weighted by Gasteiger charge is -2.28. The Hall–Kier alpha value is -3.06. The number of carbonyl (C=O) groups is 2. The van der Waals surface area contributed by atoms with Crippen LogP contribution in [0.3, 0.4) is 0 Å². The van der Waals surface area contributed by atoms with Crippen molar-refractivity contribution in [2.24, 2.45) is 0 Å². The summed E-state index contributed by atoms with van der Waals surface area (Å²) < 4.78 is 5.84. The Morgan fingerprint density at radius 3 is 2.25 bits per heavy atom. The molecule has 8 heteroatoms. The maximum Gasteiger partial charge on any atom is 0.257 e. The van der Waals surface area contributed by atoms with Crippen molar-refractivity contribution < 1.29 is 14.3 Å². The molecule has 3 aromatic carbocycles. The first-order valence-corrected chi connectivity index (χ1v) is 12.6. The van der Waals surface area contributed by atoms with Crippen LogP contribution in [-0.4, -0.2) is 50.1 Å². The Kier molecular flexibility index (Phi) is 8.52. The molecule has 1 saturated heterocycles. The average Bonchev–Trinajstić information content (AvgIpc) is 3.37. The number of benzene rings is 3. The van der Waals surface area contributed by atoms with E-state index in [1.54, 1.807) is 53.4 Å². The van der Waals surface area contributed by atoms with E-state index in [0.717, 1.165) is 24.1 Å². The summed E-state index contributed by atoms with van der Waals surface area (Å²) in [7, 11) is 3.89. The standard InChI is InChI=1S/C28H29Cl2N3O3/c1-32(2)26-14-13-20(31-27(34)22-9-3-5-11-24(22)29)16-19(26)17-33(18-21-8-7-15-36-21)28(35)23-10-4-6-12-25(23)30/h3-6,9-14,16,21H,7-8,15,17-18H2,1-2H3,(H,31,34)/t21-/m1/s1. The van der Waals surface area contributed by atoms with E-state index in [2.05, 4.69) is 5.32 Å². The van der Waals surface area contributed by atoms with E-state index in [-0.39, 0.29) is 17.9 Å². The van der Waals surface area contributed by atoms with Crippen molar-refractivity contribution in [1.29, 1.82) is 0 Å². The van der Waals surface area contributed by atoms with Crippen LogP contribution in [0.5, 0.6) is 0 Å². The smallest absolute Gasteiger partial charge is 0.257 e. The van der Waals surface area contributed by atoms with Crippen molar-refractivity contribution in [2.75, 3.05) is 37.5 Å². The number of amides is 2. The first kappa shape index (κ1) is 26.0. The minimum Gasteiger partial charge on any atom is -0.377 e. The minimum atomic E-state index is -0.299. The summed E-state index contributed by atoms with van der Waals surface area (Å²) >= 11 is 12.6. The summed E-state index contributed by atoms with van der Waals surface area (Å²) in [5.74, 6) is -0.459. The second-order valence-corrected chi connectivity index (χ2v) is 9.79. The van der Waals surface area contributed by atoms with Gasteiger partial charge in [-0.3, -0.25) is 9.59 Å². The fourth-order valence-electron chi connectivity index (χ4n) is 4.33. The van der Waals surface area contributed by atoms with Gasteiger partial charge >= 0.3 is 0 Å². The fourth-order valence-corrected chi connectivity index (χ4v) is 4.77. The van der Waals surface area contributed by atoms with Crippen LogP contribution in [0.4, 0.5) is 11.4 Å². The van der Waals surface area contributed by atoms with E-state index in [1.807, 2.05) is 37.2 Å². The molecule has 1 aliphatic heterocycles. The second kappa shape index (κ2) is 11.8. The summed E-state index contributed by atoms with van der Waals surface area (Å²) in [5, 5.41) is 3.72. The summed E-state index contributed by atoms with van der Waals surface area (Å²) in [6.07, 6.45) is 1.86. The van der Waals surface area contributed by atoms with Crippen LogP contribution in [0.1, 0.15) is 39.1 Å². The van der Waals surface area contributed by atoms with E-state index < -0.39 is 0 Å². The summed E-state index contributed by atoms with van der Waals surface area (Å²) in [5.41, 5.74) is 3.28. The SMILES string of the molecule is CN(C)c1ccc(NC(=O)c2ccccc2Cl)cc1CN(C[C@H]1CCCO1)C(=O)c1ccccc1Cl. The Morgan fingerprint density at radius 1 is 0.972 bits per heavy atom. The third kappa shape index (κ3) is 6.19. The van der Waals surface area contributed by atoms with Gasteiger partial charge < -0.3 is 19.9 Å². The number of rotatable bonds is 8. The highest BCUT2D eigenvalue weighted by Crippen LogP contribution is 2.28. The Labute approximate surface area is 221 Å². The van der Waals surface area contributed by atoms with E-state index in [9.17, 15) is 9.59 Å². The van der Waals surface area contributed by atoms with Crippen LogP contribution in [0.2, 0.25) is 10.0 Å². The van der Waals surface area contributed by atoms with Crippen molar-refractivity contribution in [3.05, 3.63) is 93.5 Å². The molecule has 0 spiro atoms. The maximum atomic E-state index is 13.6. The molecule has 0 aliphatic carbocycles. The normalized spacial score (nSPS) is 14.9. The zero-order valence-corrected chi connectivity index (χ0v) is 21.9. The predicted octanol–water partition coefficient (Wildman–Crippen LogP) is 6.13. The first-order valence-electron chi connectivity index (χ1n) is 11.8. The molecule has 1 atom stereocenters. The number of ether oxygens (including phenoxy) is 1. The van der Waals surface area contributed by atoms with Crippen LogP contribution >= 0.6 is 23.2 Å². The van der Waals surface area contributed by atoms with Gasteiger partial charge in [0.1, 0.15) is 0 Å². The van der Waals surface area contributed by atoms with E-state index >= 15 is 0 Å². The third-order valence-electron chi connectivity index (χ3n) is 6.14. The molecule has 0 unspecified atom stereocenters. The minimum absolute atomic E-state index is 0.0256. The highest BCUT2D eigenvalue weighted by molar-refractivity contribution is 6.34. The van der Waals surface area contributed by atoms with Gasteiger partial charge in [-0.1, -0.05) is 47.5 Å². The molecular formula is C28H29Cl2N3O3. The lowest BCUT2D eigenvalue weighted by molar-refractivity contribution is 0.0507. The van der Waals surface area contributed by atoms with Gasteiger partial charge in [0, 0.05) is 45.2 Å². The largest absolute Gasteiger partial charge is 0.377 e. The molecule has 1 heterocycles. The van der Waals surface area contributed by atoms with Crippen molar-refractivity contribution in [1.82, 2.24) is 4.90 Å². The summed E-state index contributed by atoms with van der Waals surface area (Å²) in [6.45, 7) is 1.48. The highest BCUT2D eigenvalue weighted by Gasteiger charge is 2.26. The van der Waals surface area contributed by atoms with Gasteiger partial charge in [-0.2, -0.15) is 0 Å². The lowest BCUT2D eigenvalue weighted by Crippen LogP contribution is -2.37. The summed E-state index contributed by atoms with van der Waals surface area (Å²) in [6, 6.07) is 19.6. The predicted molar refractivity (Wildman–Crippen MR) is 145 cm³/mol. The number of nitrogens with zero attached hydrogens (tertiary/aromatic N) is 2. The molecule has 4 rings (SSSR count). The van der Waals surface area contributed by atoms with Crippen LogP contribution < -0.4 is 10.2 Å². The molecule has 6 nitrogen and oxygen atoms in total. The van der Waals surface area contributed by atoms with Crippen LogP contribution in [-0.2, 0) is 11.3 Å². The number of anilines is 2. The van der Waals surface area contributed by atoms with Gasteiger partial charge in [-0.15, -0.1) is 0 Å². The highest BCUT2D eigenvalue weighted by atomic mass is 35.5. The maximum absolute atomic E-state index is 13.6. The third-order valence-corrected chi connectivity index (χ3v) is 6.80. The molecule has 2 amide bonds. The lowest BCUT2D eigenvalue weighted by atomic mass is 10.1. The average molecular weight is 526 g/mol. The molecule has 1 N–H and O–H groups in total.